The van der Waals surface area contributed by atoms with Gasteiger partial charge in [-0.05, 0) is 36.4 Å². The van der Waals surface area contributed by atoms with E-state index in [-0.39, 0.29) is 18.9 Å². The first kappa shape index (κ1) is 23.7. The van der Waals surface area contributed by atoms with Crippen molar-refractivity contribution >= 4 is 23.5 Å². The number of carbonyl (C=O) groups excluding carboxylic acids is 2. The van der Waals surface area contributed by atoms with Crippen molar-refractivity contribution in [3.8, 4) is 17.2 Å². The zero-order chi connectivity index (χ0) is 24.2. The second-order valence-corrected chi connectivity index (χ2v) is 8.09. The number of carbonyl (C=O) groups is 2. The summed E-state index contributed by atoms with van der Waals surface area (Å²) < 4.78 is 24.4. The molecule has 0 saturated heterocycles. The van der Waals surface area contributed by atoms with Gasteiger partial charge in [0, 0.05) is 22.3 Å². The highest BCUT2D eigenvalue weighted by Gasteiger charge is 2.34. The molecule has 34 heavy (non-hydrogen) atoms. The average molecular weight is 485 g/mol. The third-order valence-electron chi connectivity index (χ3n) is 5.69. The summed E-state index contributed by atoms with van der Waals surface area (Å²) in [4.78, 5) is 24.2. The lowest BCUT2D eigenvalue weighted by Crippen LogP contribution is -2.31. The van der Waals surface area contributed by atoms with Crippen LogP contribution in [0.5, 0.6) is 11.5 Å². The third kappa shape index (κ3) is 4.60. The molecule has 0 unspecified atom stereocenters. The van der Waals surface area contributed by atoms with Gasteiger partial charge in [0.15, 0.2) is 11.5 Å². The predicted molar refractivity (Wildman–Crippen MR) is 126 cm³/mol. The lowest BCUT2D eigenvalue weighted by atomic mass is 9.98. The quantitative estimate of drug-likeness (QED) is 0.510. The number of ether oxygens (including phenoxy) is 4. The molecule has 0 bridgehead atoms. The first-order valence-electron chi connectivity index (χ1n) is 10.6. The van der Waals surface area contributed by atoms with E-state index in [0.717, 1.165) is 22.5 Å². The summed E-state index contributed by atoms with van der Waals surface area (Å²) in [6, 6.07) is 14.9. The van der Waals surface area contributed by atoms with Crippen LogP contribution in [0.4, 0.5) is 0 Å². The van der Waals surface area contributed by atoms with Crippen molar-refractivity contribution in [1.82, 2.24) is 9.88 Å². The summed E-state index contributed by atoms with van der Waals surface area (Å²) in [5.74, 6) is 0.216. The summed E-state index contributed by atoms with van der Waals surface area (Å²) in [6.07, 6.45) is 0.665. The number of nitrogens with one attached hydrogen (secondary N) is 1. The number of hydrogen-bond donors (Lipinski definition) is 1. The van der Waals surface area contributed by atoms with Gasteiger partial charge in [-0.15, -0.1) is 0 Å². The number of amides is 1. The van der Waals surface area contributed by atoms with Gasteiger partial charge < -0.3 is 28.8 Å². The standard InChI is InChI=1S/C25H25ClN2O6/c1-31-20-8-4-6-16(25(20)33-3)24-17-12-15(26)9-10-18(17)28-11-5-7-19(28)21(34-24)13-22(29)27-14-23(30)32-2/h4-12,21,24H,13-14H2,1-3H3,(H,27,29)/t21-,24-/m0/s1. The highest BCUT2D eigenvalue weighted by Crippen LogP contribution is 2.46. The molecule has 1 N–H and O–H groups in total. The molecule has 0 radical (unpaired) electrons. The van der Waals surface area contributed by atoms with Crippen LogP contribution in [0.1, 0.15) is 35.4 Å². The van der Waals surface area contributed by atoms with E-state index < -0.39 is 18.2 Å². The van der Waals surface area contributed by atoms with Crippen LogP contribution in [0.15, 0.2) is 54.7 Å². The molecule has 178 valence electrons. The minimum Gasteiger partial charge on any atom is -0.493 e. The van der Waals surface area contributed by atoms with E-state index in [4.69, 9.17) is 25.8 Å². The maximum Gasteiger partial charge on any atom is 0.325 e. The molecule has 0 aliphatic carbocycles. The van der Waals surface area contributed by atoms with Crippen molar-refractivity contribution < 1.29 is 28.5 Å². The largest absolute Gasteiger partial charge is 0.493 e. The van der Waals surface area contributed by atoms with Crippen LogP contribution >= 0.6 is 11.6 Å². The Labute approximate surface area is 202 Å². The Balaban J connectivity index is 1.79. The van der Waals surface area contributed by atoms with Crippen LogP contribution in [0, 0.1) is 0 Å². The highest BCUT2D eigenvalue weighted by atomic mass is 35.5. The molecule has 1 aliphatic rings. The number of esters is 1. The minimum absolute atomic E-state index is 0.00842. The number of aromatic nitrogens is 1. The normalized spacial score (nSPS) is 16.6. The lowest BCUT2D eigenvalue weighted by molar-refractivity contribution is -0.141. The van der Waals surface area contributed by atoms with Gasteiger partial charge in [-0.1, -0.05) is 23.7 Å². The number of benzene rings is 2. The molecule has 3 aromatic rings. The van der Waals surface area contributed by atoms with Gasteiger partial charge in [0.25, 0.3) is 0 Å². The molecule has 1 amide bonds. The molecule has 2 atom stereocenters. The van der Waals surface area contributed by atoms with Gasteiger partial charge >= 0.3 is 5.97 Å². The van der Waals surface area contributed by atoms with Gasteiger partial charge in [0.1, 0.15) is 18.8 Å². The Morgan fingerprint density at radius 1 is 1.06 bits per heavy atom. The Kier molecular flexibility index (Phi) is 7.09. The fourth-order valence-corrected chi connectivity index (χ4v) is 4.31. The third-order valence-corrected chi connectivity index (χ3v) is 5.92. The maximum atomic E-state index is 12.7. The summed E-state index contributed by atoms with van der Waals surface area (Å²) in [5, 5.41) is 3.13. The number of halogens is 1. The second-order valence-electron chi connectivity index (χ2n) is 7.65. The molecule has 4 rings (SSSR count). The monoisotopic (exact) mass is 484 g/mol. The Bertz CT molecular complexity index is 1210. The molecule has 8 nitrogen and oxygen atoms in total. The molecule has 9 heteroatoms. The number of nitrogens with zero attached hydrogens (tertiary/aromatic N) is 1. The summed E-state index contributed by atoms with van der Waals surface area (Å²) in [6.45, 7) is -0.216. The van der Waals surface area contributed by atoms with Crippen LogP contribution in [0.25, 0.3) is 5.69 Å². The number of methoxy groups -OCH3 is 3. The SMILES string of the molecule is COC(=O)CNC(=O)C[C@@H]1O[C@@H](c2cccc(OC)c2OC)c2cc(Cl)ccc2-n2cccc21. The summed E-state index contributed by atoms with van der Waals surface area (Å²) >= 11 is 6.39. The summed E-state index contributed by atoms with van der Waals surface area (Å²) in [5.41, 5.74) is 3.21. The summed E-state index contributed by atoms with van der Waals surface area (Å²) in [7, 11) is 4.41. The zero-order valence-electron chi connectivity index (χ0n) is 19.0. The van der Waals surface area contributed by atoms with E-state index in [9.17, 15) is 9.59 Å². The van der Waals surface area contributed by atoms with Crippen LogP contribution in [-0.4, -0.2) is 44.3 Å². The Hall–Kier alpha value is -3.49. The lowest BCUT2D eigenvalue weighted by Gasteiger charge is -2.25. The fraction of sp³-hybridized carbons (Fsp3) is 0.280. The van der Waals surface area contributed by atoms with Crippen molar-refractivity contribution in [2.24, 2.45) is 0 Å². The van der Waals surface area contributed by atoms with Crippen molar-refractivity contribution in [1.29, 1.82) is 0 Å². The molecule has 1 aliphatic heterocycles. The topological polar surface area (TPSA) is 88.0 Å². The molecule has 2 aromatic carbocycles. The first-order valence-corrected chi connectivity index (χ1v) is 11.0. The minimum atomic E-state index is -0.625. The van der Waals surface area contributed by atoms with Crippen LogP contribution in [0.2, 0.25) is 5.02 Å². The molecular formula is C25H25ClN2O6. The smallest absolute Gasteiger partial charge is 0.325 e. The molecule has 0 spiro atoms. The zero-order valence-corrected chi connectivity index (χ0v) is 19.8. The van der Waals surface area contributed by atoms with Crippen LogP contribution in [-0.2, 0) is 19.1 Å². The van der Waals surface area contributed by atoms with Crippen molar-refractivity contribution in [3.05, 3.63) is 76.6 Å². The molecule has 2 heterocycles. The van der Waals surface area contributed by atoms with E-state index in [1.54, 1.807) is 20.3 Å². The van der Waals surface area contributed by atoms with Crippen molar-refractivity contribution in [3.63, 3.8) is 0 Å². The predicted octanol–water partition coefficient (Wildman–Crippen LogP) is 3.99. The van der Waals surface area contributed by atoms with E-state index in [0.29, 0.717) is 16.5 Å². The first-order chi connectivity index (χ1) is 16.5. The molecule has 0 fully saturated rings. The Morgan fingerprint density at radius 3 is 2.62 bits per heavy atom. The number of para-hydroxylation sites is 1. The van der Waals surface area contributed by atoms with Crippen molar-refractivity contribution in [2.75, 3.05) is 27.9 Å². The van der Waals surface area contributed by atoms with E-state index >= 15 is 0 Å². The van der Waals surface area contributed by atoms with Crippen molar-refractivity contribution in [2.45, 2.75) is 18.6 Å². The molecule has 0 saturated carbocycles. The second kappa shape index (κ2) is 10.2. The maximum absolute atomic E-state index is 12.7. The van der Waals surface area contributed by atoms with Gasteiger partial charge in [-0.25, -0.2) is 0 Å². The Morgan fingerprint density at radius 2 is 1.88 bits per heavy atom. The van der Waals surface area contributed by atoms with Crippen LogP contribution < -0.4 is 14.8 Å². The van der Waals surface area contributed by atoms with Gasteiger partial charge in [-0.2, -0.15) is 0 Å². The van der Waals surface area contributed by atoms with Crippen LogP contribution in [0.3, 0.4) is 0 Å². The van der Waals surface area contributed by atoms with E-state index in [1.807, 2.05) is 53.2 Å². The molecular weight excluding hydrogens is 460 g/mol. The van der Waals surface area contributed by atoms with Gasteiger partial charge in [0.05, 0.1) is 39.1 Å². The van der Waals surface area contributed by atoms with Gasteiger partial charge in [-0.3, -0.25) is 9.59 Å². The van der Waals surface area contributed by atoms with E-state index in [1.165, 1.54) is 7.11 Å². The number of hydrogen-bond acceptors (Lipinski definition) is 6. The highest BCUT2D eigenvalue weighted by molar-refractivity contribution is 6.30. The average Bonchev–Trinajstić information content (AvgIpc) is 3.30. The van der Waals surface area contributed by atoms with E-state index in [2.05, 4.69) is 10.1 Å². The number of fused-ring (bicyclic) bond motifs is 3. The molecule has 1 aromatic heterocycles. The number of rotatable bonds is 7. The fourth-order valence-electron chi connectivity index (χ4n) is 4.13. The van der Waals surface area contributed by atoms with Gasteiger partial charge in [0.2, 0.25) is 5.91 Å².